The molecule has 0 spiro atoms. The van der Waals surface area contributed by atoms with E-state index in [1.165, 1.54) is 0 Å². The van der Waals surface area contributed by atoms with Crippen LogP contribution in [0.4, 0.5) is 11.6 Å². The van der Waals surface area contributed by atoms with E-state index in [0.29, 0.717) is 35.0 Å². The average Bonchev–Trinajstić information content (AvgIpc) is 3.64. The van der Waals surface area contributed by atoms with Crippen molar-refractivity contribution in [3.63, 3.8) is 0 Å². The van der Waals surface area contributed by atoms with Crippen LogP contribution in [0.25, 0.3) is 16.8 Å². The van der Waals surface area contributed by atoms with Gasteiger partial charge in [0, 0.05) is 48.4 Å². The second-order valence-corrected chi connectivity index (χ2v) is 10.7. The molecule has 3 N–H and O–H groups in total. The third-order valence-corrected chi connectivity index (χ3v) is 7.90. The lowest BCUT2D eigenvalue weighted by atomic mass is 9.87. The van der Waals surface area contributed by atoms with Gasteiger partial charge in [0.2, 0.25) is 5.91 Å². The zero-order chi connectivity index (χ0) is 27.9. The molecule has 2 aliphatic heterocycles. The van der Waals surface area contributed by atoms with Crippen molar-refractivity contribution in [3.05, 3.63) is 84.6 Å². The summed E-state index contributed by atoms with van der Waals surface area (Å²) in [5.41, 5.74) is 8.59. The Balaban J connectivity index is 1.37. The van der Waals surface area contributed by atoms with E-state index in [1.54, 1.807) is 42.7 Å². The first-order chi connectivity index (χ1) is 19.4. The van der Waals surface area contributed by atoms with Crippen molar-refractivity contribution in [1.29, 1.82) is 0 Å². The number of benzene rings is 1. The summed E-state index contributed by atoms with van der Waals surface area (Å²) in [7, 11) is 3.96. The number of likely N-dealkylation sites (N-methyl/N-ethyl adjacent to an activating group) is 1. The number of fused-ring (bicyclic) bond motifs is 3. The Kier molecular flexibility index (Phi) is 6.55. The lowest BCUT2D eigenvalue weighted by Crippen LogP contribution is -2.43. The number of hydrogen-bond donors (Lipinski definition) is 2. The zero-order valence-corrected chi connectivity index (χ0v) is 22.6. The highest BCUT2D eigenvalue weighted by atomic mass is 16.2. The van der Waals surface area contributed by atoms with E-state index in [2.05, 4.69) is 15.3 Å². The van der Waals surface area contributed by atoms with Gasteiger partial charge in [0.1, 0.15) is 34.2 Å². The number of carbonyl (C=O) groups is 2. The number of nitrogens with zero attached hydrogens (tertiary/aromatic N) is 6. The van der Waals surface area contributed by atoms with Crippen LogP contribution in [0.15, 0.2) is 73.2 Å². The number of rotatable bonds is 7. The Hall–Kier alpha value is -4.57. The summed E-state index contributed by atoms with van der Waals surface area (Å²) in [5, 5.41) is 2.81. The number of carbonyl (C=O) groups excluding carboxylic acids is 2. The molecule has 6 rings (SSSR count). The molecule has 4 aromatic rings. The summed E-state index contributed by atoms with van der Waals surface area (Å²) >= 11 is 0. The molecule has 0 aliphatic carbocycles. The van der Waals surface area contributed by atoms with Gasteiger partial charge in [0.05, 0.1) is 0 Å². The molecule has 2 fully saturated rings. The number of amides is 2. The molecular formula is C30H32N8O2. The summed E-state index contributed by atoms with van der Waals surface area (Å²) in [4.78, 5) is 44.0. The van der Waals surface area contributed by atoms with E-state index in [9.17, 15) is 9.59 Å². The number of nitrogens with two attached hydrogens (primary N) is 1. The third kappa shape index (κ3) is 4.40. The smallest absolute Gasteiger partial charge is 0.256 e. The Morgan fingerprint density at radius 3 is 2.58 bits per heavy atom. The van der Waals surface area contributed by atoms with Gasteiger partial charge in [-0.05, 0) is 64.0 Å². The second kappa shape index (κ2) is 10.2. The predicted molar refractivity (Wildman–Crippen MR) is 153 cm³/mol. The molecule has 2 aliphatic rings. The van der Waals surface area contributed by atoms with Gasteiger partial charge in [-0.2, -0.15) is 0 Å². The SMILES string of the molecule is CN(C)C/C=C/C(=O)N1C2CCC1(c1nc(-c3ccc(C(=O)Nc4ccccn4)cc3)c3c(N)nccn13)CC2. The van der Waals surface area contributed by atoms with Crippen molar-refractivity contribution in [2.75, 3.05) is 31.7 Å². The lowest BCUT2D eigenvalue weighted by molar-refractivity contribution is -0.130. The molecule has 2 bridgehead atoms. The fourth-order valence-corrected chi connectivity index (χ4v) is 6.09. The highest BCUT2D eigenvalue weighted by Crippen LogP contribution is 2.53. The molecule has 0 atom stereocenters. The van der Waals surface area contributed by atoms with Crippen LogP contribution in [0.1, 0.15) is 41.9 Å². The second-order valence-electron chi connectivity index (χ2n) is 10.7. The quantitative estimate of drug-likeness (QED) is 0.345. The van der Waals surface area contributed by atoms with Crippen molar-refractivity contribution in [2.45, 2.75) is 37.3 Å². The van der Waals surface area contributed by atoms with Gasteiger partial charge in [-0.15, -0.1) is 0 Å². The van der Waals surface area contributed by atoms with Gasteiger partial charge in [-0.1, -0.05) is 24.3 Å². The van der Waals surface area contributed by atoms with Gasteiger partial charge >= 0.3 is 0 Å². The molecule has 40 heavy (non-hydrogen) atoms. The summed E-state index contributed by atoms with van der Waals surface area (Å²) in [5.74, 6) is 1.42. The zero-order valence-electron chi connectivity index (χ0n) is 22.6. The largest absolute Gasteiger partial charge is 0.382 e. The van der Waals surface area contributed by atoms with E-state index in [-0.39, 0.29) is 17.9 Å². The molecule has 0 saturated carbocycles. The number of pyridine rings is 1. The van der Waals surface area contributed by atoms with Crippen molar-refractivity contribution in [3.8, 4) is 11.3 Å². The lowest BCUT2D eigenvalue weighted by Gasteiger charge is -2.33. The Labute approximate surface area is 232 Å². The third-order valence-electron chi connectivity index (χ3n) is 7.90. The Morgan fingerprint density at radius 1 is 1.10 bits per heavy atom. The first-order valence-electron chi connectivity index (χ1n) is 13.5. The van der Waals surface area contributed by atoms with Crippen LogP contribution < -0.4 is 11.1 Å². The standard InChI is InChI=1S/C30H32N8O2/c1-36(2)18-5-7-24(39)38-22-12-14-30(38,15-13-22)29-35-25(26-27(31)33-17-19-37(26)29)20-8-10-21(11-9-20)28(40)34-23-6-3-4-16-32-23/h3-11,16-17,19,22H,12-15,18H2,1-2H3,(H2,31,33)(H,32,34,40)/b7-5+. The number of nitrogen functional groups attached to an aromatic ring is 1. The van der Waals surface area contributed by atoms with Gasteiger partial charge in [0.25, 0.3) is 5.91 Å². The number of nitrogens with one attached hydrogen (secondary N) is 1. The highest BCUT2D eigenvalue weighted by molar-refractivity contribution is 6.04. The average molecular weight is 537 g/mol. The molecule has 2 amide bonds. The van der Waals surface area contributed by atoms with Crippen molar-refractivity contribution >= 4 is 29.0 Å². The van der Waals surface area contributed by atoms with Crippen LogP contribution >= 0.6 is 0 Å². The maximum Gasteiger partial charge on any atom is 0.256 e. The molecule has 10 nitrogen and oxygen atoms in total. The van der Waals surface area contributed by atoms with Crippen LogP contribution in [-0.2, 0) is 10.3 Å². The highest BCUT2D eigenvalue weighted by Gasteiger charge is 2.56. The van der Waals surface area contributed by atoms with Gasteiger partial charge in [0.15, 0.2) is 0 Å². The van der Waals surface area contributed by atoms with Crippen LogP contribution in [0.2, 0.25) is 0 Å². The van der Waals surface area contributed by atoms with E-state index < -0.39 is 5.54 Å². The van der Waals surface area contributed by atoms with Gasteiger partial charge in [-0.3, -0.25) is 14.0 Å². The number of anilines is 2. The minimum Gasteiger partial charge on any atom is -0.382 e. The fraction of sp³-hybridized carbons (Fsp3) is 0.300. The number of hydrogen-bond acceptors (Lipinski definition) is 7. The van der Waals surface area contributed by atoms with E-state index in [0.717, 1.165) is 37.1 Å². The number of imidazole rings is 1. The molecule has 0 unspecified atom stereocenters. The maximum atomic E-state index is 13.5. The van der Waals surface area contributed by atoms with Gasteiger partial charge in [-0.25, -0.2) is 15.0 Å². The van der Waals surface area contributed by atoms with Crippen LogP contribution in [0.3, 0.4) is 0 Å². The summed E-state index contributed by atoms with van der Waals surface area (Å²) in [6, 6.07) is 12.8. The first kappa shape index (κ1) is 25.7. The topological polar surface area (TPSA) is 122 Å². The van der Waals surface area contributed by atoms with Crippen molar-refractivity contribution < 1.29 is 9.59 Å². The normalized spacial score (nSPS) is 20.2. The molecule has 0 radical (unpaired) electrons. The minimum atomic E-state index is -0.512. The monoisotopic (exact) mass is 536 g/mol. The van der Waals surface area contributed by atoms with E-state index in [1.807, 2.05) is 58.8 Å². The Bertz CT molecular complexity index is 1590. The van der Waals surface area contributed by atoms with E-state index in [4.69, 9.17) is 10.7 Å². The summed E-state index contributed by atoms with van der Waals surface area (Å²) in [6.07, 6.45) is 12.4. The summed E-state index contributed by atoms with van der Waals surface area (Å²) < 4.78 is 2.00. The predicted octanol–water partition coefficient (Wildman–Crippen LogP) is 3.72. The summed E-state index contributed by atoms with van der Waals surface area (Å²) in [6.45, 7) is 0.700. The fourth-order valence-electron chi connectivity index (χ4n) is 6.09. The van der Waals surface area contributed by atoms with Crippen LogP contribution in [0, 0.1) is 0 Å². The van der Waals surface area contributed by atoms with Crippen molar-refractivity contribution in [2.24, 2.45) is 0 Å². The molecule has 204 valence electrons. The number of aromatic nitrogens is 4. The molecule has 10 heteroatoms. The first-order valence-corrected chi connectivity index (χ1v) is 13.5. The molecule has 1 aromatic carbocycles. The molecule has 5 heterocycles. The van der Waals surface area contributed by atoms with Gasteiger partial charge < -0.3 is 20.9 Å². The molecular weight excluding hydrogens is 504 g/mol. The maximum absolute atomic E-state index is 13.5. The minimum absolute atomic E-state index is 0.0189. The van der Waals surface area contributed by atoms with Crippen LogP contribution in [0.5, 0.6) is 0 Å². The van der Waals surface area contributed by atoms with Crippen LogP contribution in [-0.4, -0.2) is 67.6 Å². The molecule has 3 aromatic heterocycles. The van der Waals surface area contributed by atoms with Crippen molar-refractivity contribution in [1.82, 2.24) is 29.2 Å². The van der Waals surface area contributed by atoms with E-state index >= 15 is 0 Å². The molecule has 2 saturated heterocycles. The Morgan fingerprint density at radius 2 is 1.88 bits per heavy atom.